The van der Waals surface area contributed by atoms with E-state index in [4.69, 9.17) is 16.0 Å². The van der Waals surface area contributed by atoms with Crippen molar-refractivity contribution >= 4 is 34.2 Å². The van der Waals surface area contributed by atoms with Gasteiger partial charge in [-0.15, -0.1) is 0 Å². The lowest BCUT2D eigenvalue weighted by Crippen LogP contribution is -2.43. The molecule has 1 aromatic carbocycles. The Morgan fingerprint density at radius 1 is 1.33 bits per heavy atom. The molecule has 27 heavy (non-hydrogen) atoms. The smallest absolute Gasteiger partial charge is 0.243 e. The van der Waals surface area contributed by atoms with E-state index >= 15 is 0 Å². The summed E-state index contributed by atoms with van der Waals surface area (Å²) in [6, 6.07) is 11.1. The van der Waals surface area contributed by atoms with Gasteiger partial charge < -0.3 is 14.6 Å². The molecule has 1 saturated heterocycles. The number of nitrogens with one attached hydrogen (secondary N) is 1. The van der Waals surface area contributed by atoms with Crippen molar-refractivity contribution in [3.8, 4) is 0 Å². The molecule has 3 heterocycles. The number of aromatic nitrogens is 2. The summed E-state index contributed by atoms with van der Waals surface area (Å²) < 4.78 is 9.74. The summed E-state index contributed by atoms with van der Waals surface area (Å²) in [7, 11) is 0. The Kier molecular flexibility index (Phi) is 5.40. The van der Waals surface area contributed by atoms with Crippen LogP contribution in [0, 0.1) is 0 Å². The van der Waals surface area contributed by atoms with E-state index in [1.54, 1.807) is 6.26 Å². The highest BCUT2D eigenvalue weighted by Crippen LogP contribution is 2.28. The van der Waals surface area contributed by atoms with Gasteiger partial charge in [-0.25, -0.2) is 4.98 Å². The van der Waals surface area contributed by atoms with E-state index < -0.39 is 0 Å². The monoisotopic (exact) mass is 402 g/mol. The third-order valence-electron chi connectivity index (χ3n) is 4.55. The molecule has 0 saturated carbocycles. The van der Waals surface area contributed by atoms with Crippen molar-refractivity contribution in [2.24, 2.45) is 0 Å². The van der Waals surface area contributed by atoms with Gasteiger partial charge in [0.25, 0.3) is 0 Å². The minimum Gasteiger partial charge on any atom is -0.467 e. The first-order valence-electron chi connectivity index (χ1n) is 8.83. The van der Waals surface area contributed by atoms with E-state index in [9.17, 15) is 4.79 Å². The van der Waals surface area contributed by atoms with E-state index in [0.717, 1.165) is 41.7 Å². The zero-order valence-corrected chi connectivity index (χ0v) is 16.2. The number of anilines is 1. The Morgan fingerprint density at radius 3 is 2.96 bits per heavy atom. The number of halogens is 1. The summed E-state index contributed by atoms with van der Waals surface area (Å²) >= 11 is 7.28. The standard InChI is InChI=1S/C19H19ClN4O2S/c20-14-7-5-13(6-8-14)11-17-22-19(27-23-17)24-9-1-4-16(24)18(25)21-12-15-3-2-10-26-15/h2-3,5-8,10,16H,1,4,9,11-12H2,(H,21,25). The van der Waals surface area contributed by atoms with Crippen LogP contribution >= 0.6 is 23.1 Å². The van der Waals surface area contributed by atoms with Gasteiger partial charge in [0, 0.05) is 29.5 Å². The van der Waals surface area contributed by atoms with Gasteiger partial charge in [0.15, 0.2) is 0 Å². The highest BCUT2D eigenvalue weighted by Gasteiger charge is 2.32. The minimum absolute atomic E-state index is 0.00153. The second-order valence-corrected chi connectivity index (χ2v) is 7.61. The number of amides is 1. The lowest BCUT2D eigenvalue weighted by atomic mass is 10.1. The fraction of sp³-hybridized carbons (Fsp3) is 0.316. The molecule has 3 aromatic rings. The summed E-state index contributed by atoms with van der Waals surface area (Å²) in [6.45, 7) is 1.21. The number of hydrogen-bond donors (Lipinski definition) is 1. The van der Waals surface area contributed by atoms with E-state index in [0.29, 0.717) is 18.0 Å². The average molecular weight is 403 g/mol. The van der Waals surface area contributed by atoms with Crippen molar-refractivity contribution < 1.29 is 9.21 Å². The topological polar surface area (TPSA) is 71.3 Å². The van der Waals surface area contributed by atoms with Crippen molar-refractivity contribution in [2.45, 2.75) is 31.8 Å². The number of benzene rings is 1. The first-order valence-corrected chi connectivity index (χ1v) is 9.98. The van der Waals surface area contributed by atoms with Crippen molar-refractivity contribution in [2.75, 3.05) is 11.4 Å². The molecule has 0 bridgehead atoms. The molecule has 1 amide bonds. The molecule has 140 valence electrons. The molecule has 1 fully saturated rings. The number of nitrogens with zero attached hydrogens (tertiary/aromatic N) is 3. The number of rotatable bonds is 6. The largest absolute Gasteiger partial charge is 0.467 e. The molecule has 2 aromatic heterocycles. The predicted octanol–water partition coefficient (Wildman–Crippen LogP) is 3.66. The third-order valence-corrected chi connectivity index (χ3v) is 5.59. The van der Waals surface area contributed by atoms with Crippen LogP contribution in [-0.4, -0.2) is 27.9 Å². The lowest BCUT2D eigenvalue weighted by Gasteiger charge is -2.22. The maximum Gasteiger partial charge on any atom is 0.243 e. The maximum atomic E-state index is 12.6. The molecular formula is C19H19ClN4O2S. The first-order chi connectivity index (χ1) is 13.2. The first kappa shape index (κ1) is 18.0. The van der Waals surface area contributed by atoms with Crippen LogP contribution in [0.25, 0.3) is 0 Å². The fourth-order valence-electron chi connectivity index (χ4n) is 3.19. The molecule has 1 N–H and O–H groups in total. The lowest BCUT2D eigenvalue weighted by molar-refractivity contribution is -0.122. The van der Waals surface area contributed by atoms with Crippen LogP contribution in [0.1, 0.15) is 30.0 Å². The zero-order valence-electron chi connectivity index (χ0n) is 14.6. The summed E-state index contributed by atoms with van der Waals surface area (Å²) in [5.74, 6) is 1.51. The van der Waals surface area contributed by atoms with Gasteiger partial charge in [0.05, 0.1) is 12.8 Å². The van der Waals surface area contributed by atoms with Crippen molar-refractivity contribution in [1.29, 1.82) is 0 Å². The summed E-state index contributed by atoms with van der Waals surface area (Å²) in [5.41, 5.74) is 1.11. The number of carbonyl (C=O) groups excluding carboxylic acids is 1. The van der Waals surface area contributed by atoms with Gasteiger partial charge in [-0.2, -0.15) is 4.37 Å². The fourth-order valence-corrected chi connectivity index (χ4v) is 4.08. The highest BCUT2D eigenvalue weighted by atomic mass is 35.5. The Balaban J connectivity index is 1.40. The molecule has 1 aliphatic heterocycles. The van der Waals surface area contributed by atoms with E-state index in [-0.39, 0.29) is 11.9 Å². The summed E-state index contributed by atoms with van der Waals surface area (Å²) in [5, 5.41) is 4.46. The molecule has 1 atom stereocenters. The van der Waals surface area contributed by atoms with Crippen LogP contribution in [0.5, 0.6) is 0 Å². The molecular weight excluding hydrogens is 384 g/mol. The molecule has 1 aliphatic rings. The van der Waals surface area contributed by atoms with Crippen LogP contribution < -0.4 is 10.2 Å². The minimum atomic E-state index is -0.212. The molecule has 0 radical (unpaired) electrons. The van der Waals surface area contributed by atoms with E-state index in [2.05, 4.69) is 19.6 Å². The van der Waals surface area contributed by atoms with Crippen LogP contribution in [0.3, 0.4) is 0 Å². The van der Waals surface area contributed by atoms with Gasteiger partial charge in [-0.3, -0.25) is 4.79 Å². The number of hydrogen-bond acceptors (Lipinski definition) is 6. The molecule has 6 nitrogen and oxygen atoms in total. The Labute approximate surface area is 166 Å². The van der Waals surface area contributed by atoms with Gasteiger partial charge >= 0.3 is 0 Å². The molecule has 4 rings (SSSR count). The summed E-state index contributed by atoms with van der Waals surface area (Å²) in [4.78, 5) is 19.3. The van der Waals surface area contributed by atoms with Crippen LogP contribution in [-0.2, 0) is 17.8 Å². The average Bonchev–Trinajstić information content (AvgIpc) is 3.43. The van der Waals surface area contributed by atoms with Crippen LogP contribution in [0.2, 0.25) is 5.02 Å². The number of carbonyl (C=O) groups is 1. The zero-order chi connectivity index (χ0) is 18.6. The van der Waals surface area contributed by atoms with Crippen LogP contribution in [0.4, 0.5) is 5.13 Å². The molecule has 0 aliphatic carbocycles. The van der Waals surface area contributed by atoms with Crippen LogP contribution in [0.15, 0.2) is 47.1 Å². The molecule has 0 spiro atoms. The normalized spacial score (nSPS) is 16.6. The molecule has 1 unspecified atom stereocenters. The Bertz CT molecular complexity index is 895. The van der Waals surface area contributed by atoms with Crippen molar-refractivity contribution in [3.05, 3.63) is 64.8 Å². The van der Waals surface area contributed by atoms with E-state index in [1.807, 2.05) is 36.4 Å². The predicted molar refractivity (Wildman–Crippen MR) is 105 cm³/mol. The summed E-state index contributed by atoms with van der Waals surface area (Å²) in [6.07, 6.45) is 4.03. The highest BCUT2D eigenvalue weighted by molar-refractivity contribution is 7.09. The Morgan fingerprint density at radius 2 is 2.19 bits per heavy atom. The van der Waals surface area contributed by atoms with Gasteiger partial charge in [-0.05, 0) is 42.7 Å². The van der Waals surface area contributed by atoms with Gasteiger partial charge in [0.1, 0.15) is 17.6 Å². The quantitative estimate of drug-likeness (QED) is 0.681. The SMILES string of the molecule is O=C(NCc1ccco1)C1CCCN1c1nc(Cc2ccc(Cl)cc2)ns1. The maximum absolute atomic E-state index is 12.6. The second kappa shape index (κ2) is 8.10. The number of furan rings is 1. The molecule has 8 heteroatoms. The van der Waals surface area contributed by atoms with Crippen molar-refractivity contribution in [3.63, 3.8) is 0 Å². The van der Waals surface area contributed by atoms with Gasteiger partial charge in [0.2, 0.25) is 11.0 Å². The Hall–Kier alpha value is -2.38. The van der Waals surface area contributed by atoms with Crippen molar-refractivity contribution in [1.82, 2.24) is 14.7 Å². The van der Waals surface area contributed by atoms with Gasteiger partial charge in [-0.1, -0.05) is 23.7 Å². The second-order valence-electron chi connectivity index (χ2n) is 6.45. The van der Waals surface area contributed by atoms with E-state index in [1.165, 1.54) is 11.5 Å². The third kappa shape index (κ3) is 4.31.